The maximum absolute atomic E-state index is 12.8. The van der Waals surface area contributed by atoms with Crippen LogP contribution in [0.2, 0.25) is 0 Å². The summed E-state index contributed by atoms with van der Waals surface area (Å²) in [7, 11) is 0. The second kappa shape index (κ2) is 13.3. The standard InChI is InChI=1S/C32H36N2O4/c1-5-33(6-2)25-15-9-23(10-16-25)13-19-29(35)27-21-28(32(38)22-31(27)37)30(36)20-14-24-11-17-26(18-12-24)34(7-3)8-4/h9-22,37-38H,5-8H2,1-4H3. The number of carbonyl (C=O) groups is 2. The van der Waals surface area contributed by atoms with E-state index in [2.05, 4.69) is 37.5 Å². The first-order chi connectivity index (χ1) is 18.3. The highest BCUT2D eigenvalue weighted by Gasteiger charge is 2.17. The van der Waals surface area contributed by atoms with Crippen LogP contribution < -0.4 is 9.80 Å². The number of nitrogens with zero attached hydrogens (tertiary/aromatic N) is 2. The summed E-state index contributed by atoms with van der Waals surface area (Å²) >= 11 is 0. The number of rotatable bonds is 12. The molecule has 0 fully saturated rings. The van der Waals surface area contributed by atoms with Gasteiger partial charge in [0.2, 0.25) is 0 Å². The van der Waals surface area contributed by atoms with E-state index in [9.17, 15) is 19.8 Å². The molecule has 0 aliphatic rings. The van der Waals surface area contributed by atoms with Gasteiger partial charge in [0.15, 0.2) is 11.6 Å². The summed E-state index contributed by atoms with van der Waals surface area (Å²) < 4.78 is 0. The quantitative estimate of drug-likeness (QED) is 0.211. The predicted octanol–water partition coefficient (Wildman–Crippen LogP) is 6.58. The molecule has 3 aromatic carbocycles. The van der Waals surface area contributed by atoms with Crippen LogP contribution in [0.25, 0.3) is 12.2 Å². The second-order valence-electron chi connectivity index (χ2n) is 8.81. The van der Waals surface area contributed by atoms with E-state index >= 15 is 0 Å². The van der Waals surface area contributed by atoms with Crippen molar-refractivity contribution in [1.82, 2.24) is 0 Å². The lowest BCUT2D eigenvalue weighted by Crippen LogP contribution is -2.21. The van der Waals surface area contributed by atoms with Gasteiger partial charge in [0.1, 0.15) is 11.5 Å². The maximum Gasteiger partial charge on any atom is 0.189 e. The Morgan fingerprint density at radius 1 is 0.605 bits per heavy atom. The third-order valence-corrected chi connectivity index (χ3v) is 6.54. The number of benzene rings is 3. The lowest BCUT2D eigenvalue weighted by molar-refractivity contribution is 0.104. The number of hydrogen-bond acceptors (Lipinski definition) is 6. The van der Waals surface area contributed by atoms with Crippen LogP contribution in [0.5, 0.6) is 11.5 Å². The fourth-order valence-corrected chi connectivity index (χ4v) is 4.27. The molecule has 2 N–H and O–H groups in total. The molecule has 0 aliphatic carbocycles. The molecule has 0 aromatic heterocycles. The van der Waals surface area contributed by atoms with Crippen molar-refractivity contribution < 1.29 is 19.8 Å². The number of carbonyl (C=O) groups excluding carboxylic acids is 2. The first kappa shape index (κ1) is 28.3. The molecule has 198 valence electrons. The Bertz CT molecular complexity index is 1200. The Kier molecular flexibility index (Phi) is 9.88. The Hall–Kier alpha value is -4.32. The molecule has 38 heavy (non-hydrogen) atoms. The van der Waals surface area contributed by atoms with Crippen LogP contribution >= 0.6 is 0 Å². The topological polar surface area (TPSA) is 81.1 Å². The molecular formula is C32H36N2O4. The summed E-state index contributed by atoms with van der Waals surface area (Å²) in [5.41, 5.74) is 3.76. The molecule has 0 bridgehead atoms. The van der Waals surface area contributed by atoms with Gasteiger partial charge in [-0.15, -0.1) is 0 Å². The Morgan fingerprint density at radius 2 is 0.947 bits per heavy atom. The fraction of sp³-hybridized carbons (Fsp3) is 0.250. The molecule has 6 nitrogen and oxygen atoms in total. The molecule has 0 aliphatic heterocycles. The van der Waals surface area contributed by atoms with Crippen LogP contribution in [-0.4, -0.2) is 48.0 Å². The van der Waals surface area contributed by atoms with Crippen molar-refractivity contribution in [3.8, 4) is 11.5 Å². The highest BCUT2D eigenvalue weighted by Crippen LogP contribution is 2.29. The van der Waals surface area contributed by atoms with Gasteiger partial charge in [-0.3, -0.25) is 9.59 Å². The normalized spacial score (nSPS) is 11.3. The van der Waals surface area contributed by atoms with Gasteiger partial charge in [0.25, 0.3) is 0 Å². The zero-order valence-corrected chi connectivity index (χ0v) is 22.5. The van der Waals surface area contributed by atoms with Crippen molar-refractivity contribution in [2.24, 2.45) is 0 Å². The van der Waals surface area contributed by atoms with Gasteiger partial charge in [-0.2, -0.15) is 0 Å². The number of hydrogen-bond donors (Lipinski definition) is 2. The molecular weight excluding hydrogens is 476 g/mol. The molecule has 0 unspecified atom stereocenters. The molecule has 6 heteroatoms. The summed E-state index contributed by atoms with van der Waals surface area (Å²) in [6.07, 6.45) is 6.01. The summed E-state index contributed by atoms with van der Waals surface area (Å²) in [6.45, 7) is 12.0. The largest absolute Gasteiger partial charge is 0.507 e. The van der Waals surface area contributed by atoms with Gasteiger partial charge < -0.3 is 20.0 Å². The minimum Gasteiger partial charge on any atom is -0.507 e. The Balaban J connectivity index is 1.76. The average Bonchev–Trinajstić information content (AvgIpc) is 2.93. The van der Waals surface area contributed by atoms with Crippen molar-refractivity contribution in [1.29, 1.82) is 0 Å². The number of phenols is 2. The van der Waals surface area contributed by atoms with Crippen LogP contribution in [-0.2, 0) is 0 Å². The van der Waals surface area contributed by atoms with Crippen LogP contribution in [0.15, 0.2) is 72.8 Å². The van der Waals surface area contributed by atoms with Crippen molar-refractivity contribution in [2.75, 3.05) is 36.0 Å². The van der Waals surface area contributed by atoms with E-state index in [0.29, 0.717) is 0 Å². The van der Waals surface area contributed by atoms with Crippen molar-refractivity contribution >= 4 is 35.1 Å². The van der Waals surface area contributed by atoms with Crippen molar-refractivity contribution in [3.05, 3.63) is 95.1 Å². The average molecular weight is 513 g/mol. The number of anilines is 2. The van der Waals surface area contributed by atoms with E-state index in [0.717, 1.165) is 54.7 Å². The third kappa shape index (κ3) is 6.91. The highest BCUT2D eigenvalue weighted by atomic mass is 16.3. The first-order valence-corrected chi connectivity index (χ1v) is 13.0. The minimum atomic E-state index is -0.472. The zero-order valence-electron chi connectivity index (χ0n) is 22.5. The molecule has 0 saturated carbocycles. The summed E-state index contributed by atoms with van der Waals surface area (Å²) in [5, 5.41) is 20.6. The van der Waals surface area contributed by atoms with Crippen LogP contribution in [0, 0.1) is 0 Å². The van der Waals surface area contributed by atoms with Gasteiger partial charge in [-0.05, 0) is 81.3 Å². The number of aromatic hydroxyl groups is 2. The van der Waals surface area contributed by atoms with E-state index in [1.807, 2.05) is 48.5 Å². The minimum absolute atomic E-state index is 0.0564. The maximum atomic E-state index is 12.8. The molecule has 0 saturated heterocycles. The second-order valence-corrected chi connectivity index (χ2v) is 8.81. The van der Waals surface area contributed by atoms with Crippen LogP contribution in [0.3, 0.4) is 0 Å². The van der Waals surface area contributed by atoms with Gasteiger partial charge in [-0.1, -0.05) is 36.4 Å². The number of allylic oxidation sites excluding steroid dienone is 2. The van der Waals surface area contributed by atoms with Gasteiger partial charge in [-0.25, -0.2) is 0 Å². The number of ketones is 2. The summed E-state index contributed by atoms with van der Waals surface area (Å²) in [6, 6.07) is 17.9. The molecule has 0 amide bonds. The van der Waals surface area contributed by atoms with E-state index in [1.165, 1.54) is 18.2 Å². The van der Waals surface area contributed by atoms with Gasteiger partial charge in [0.05, 0.1) is 11.1 Å². The molecule has 3 aromatic rings. The third-order valence-electron chi connectivity index (χ3n) is 6.54. The molecule has 0 heterocycles. The molecule has 0 spiro atoms. The monoisotopic (exact) mass is 512 g/mol. The molecule has 3 rings (SSSR count). The van der Waals surface area contributed by atoms with E-state index in [4.69, 9.17) is 0 Å². The van der Waals surface area contributed by atoms with E-state index in [-0.39, 0.29) is 22.6 Å². The Morgan fingerprint density at radius 3 is 1.26 bits per heavy atom. The van der Waals surface area contributed by atoms with Gasteiger partial charge in [0, 0.05) is 43.6 Å². The lowest BCUT2D eigenvalue weighted by Gasteiger charge is -2.20. The molecule has 0 radical (unpaired) electrons. The van der Waals surface area contributed by atoms with E-state index < -0.39 is 11.6 Å². The van der Waals surface area contributed by atoms with Gasteiger partial charge >= 0.3 is 0 Å². The predicted molar refractivity (Wildman–Crippen MR) is 157 cm³/mol. The van der Waals surface area contributed by atoms with Crippen LogP contribution in [0.4, 0.5) is 11.4 Å². The molecule has 0 atom stereocenters. The fourth-order valence-electron chi connectivity index (χ4n) is 4.27. The Labute approximate surface area is 225 Å². The van der Waals surface area contributed by atoms with Crippen molar-refractivity contribution in [2.45, 2.75) is 27.7 Å². The van der Waals surface area contributed by atoms with Crippen molar-refractivity contribution in [3.63, 3.8) is 0 Å². The van der Waals surface area contributed by atoms with E-state index in [1.54, 1.807) is 12.2 Å². The SMILES string of the molecule is CCN(CC)c1ccc(C=CC(=O)c2cc(C(=O)C=Cc3ccc(N(CC)CC)cc3)c(O)cc2O)cc1. The summed E-state index contributed by atoms with van der Waals surface area (Å²) in [4.78, 5) is 30.1. The zero-order chi connectivity index (χ0) is 27.7. The number of phenolic OH excluding ortho intramolecular Hbond substituents is 2. The smallest absolute Gasteiger partial charge is 0.189 e. The first-order valence-electron chi connectivity index (χ1n) is 13.0. The summed E-state index contributed by atoms with van der Waals surface area (Å²) in [5.74, 6) is -1.72. The highest BCUT2D eigenvalue weighted by molar-refractivity contribution is 6.13. The lowest BCUT2D eigenvalue weighted by atomic mass is 10.0. The van der Waals surface area contributed by atoms with Crippen LogP contribution in [0.1, 0.15) is 59.5 Å².